The summed E-state index contributed by atoms with van der Waals surface area (Å²) in [5.74, 6) is 0.854. The van der Waals surface area contributed by atoms with Crippen LogP contribution in [0.1, 0.15) is 38.3 Å². The Morgan fingerprint density at radius 2 is 1.97 bits per heavy atom. The van der Waals surface area contributed by atoms with Crippen LogP contribution in [0, 0.1) is 14.9 Å². The van der Waals surface area contributed by atoms with Gasteiger partial charge in [0.1, 0.15) is 11.6 Å². The van der Waals surface area contributed by atoms with E-state index in [9.17, 15) is 10.1 Å². The van der Waals surface area contributed by atoms with Crippen LogP contribution in [-0.4, -0.2) is 19.1 Å². The molecule has 1 amide bonds. The van der Waals surface area contributed by atoms with Gasteiger partial charge in [-0.15, -0.1) is 0 Å². The summed E-state index contributed by atoms with van der Waals surface area (Å²) in [6, 6.07) is 13.2. The number of halogens is 1. The molecule has 0 aliphatic heterocycles. The Morgan fingerprint density at radius 3 is 2.62 bits per heavy atom. The van der Waals surface area contributed by atoms with Crippen molar-refractivity contribution in [3.63, 3.8) is 0 Å². The number of anilines is 1. The largest absolute Gasteiger partial charge is 0.490 e. The summed E-state index contributed by atoms with van der Waals surface area (Å²) in [6.07, 6.45) is 3.25. The topological polar surface area (TPSA) is 71.3 Å². The number of rotatable bonds is 9. The number of nitrogens with zero attached hydrogens (tertiary/aromatic N) is 1. The molecule has 152 valence electrons. The molecule has 0 unspecified atom stereocenters. The fourth-order valence-electron chi connectivity index (χ4n) is 2.73. The van der Waals surface area contributed by atoms with Crippen LogP contribution >= 0.6 is 22.6 Å². The molecule has 0 atom stereocenters. The number of benzene rings is 2. The lowest BCUT2D eigenvalue weighted by molar-refractivity contribution is -0.112. The number of carbonyl (C=O) groups is 1. The quantitative estimate of drug-likeness (QED) is 0.275. The molecule has 0 fully saturated rings. The molecular weight excluding hydrogens is 479 g/mol. The molecule has 0 spiro atoms. The van der Waals surface area contributed by atoms with Crippen molar-refractivity contribution in [1.29, 1.82) is 5.26 Å². The number of nitriles is 1. The first-order valence-electron chi connectivity index (χ1n) is 9.64. The van der Waals surface area contributed by atoms with Crippen LogP contribution in [0.15, 0.2) is 42.0 Å². The number of aryl methyl sites for hydroxylation is 1. The molecule has 2 aromatic rings. The molecule has 2 aromatic carbocycles. The fraction of sp³-hybridized carbons (Fsp3) is 0.304. The van der Waals surface area contributed by atoms with E-state index in [4.69, 9.17) is 9.47 Å². The van der Waals surface area contributed by atoms with E-state index in [0.717, 1.165) is 22.0 Å². The molecule has 0 aliphatic rings. The maximum Gasteiger partial charge on any atom is 0.266 e. The predicted octanol–water partition coefficient (Wildman–Crippen LogP) is 5.59. The number of hydrogen-bond acceptors (Lipinski definition) is 4. The molecule has 0 radical (unpaired) electrons. The van der Waals surface area contributed by atoms with Gasteiger partial charge < -0.3 is 14.8 Å². The molecule has 0 bridgehead atoms. The molecule has 5 nitrogen and oxygen atoms in total. The minimum absolute atomic E-state index is 0.0244. The van der Waals surface area contributed by atoms with Crippen molar-refractivity contribution in [3.8, 4) is 17.6 Å². The zero-order valence-corrected chi connectivity index (χ0v) is 19.1. The summed E-state index contributed by atoms with van der Waals surface area (Å²) in [6.45, 7) is 7.04. The van der Waals surface area contributed by atoms with Crippen LogP contribution in [0.5, 0.6) is 11.5 Å². The Balaban J connectivity index is 2.34. The summed E-state index contributed by atoms with van der Waals surface area (Å²) in [7, 11) is 0. The monoisotopic (exact) mass is 504 g/mol. The third-order valence-electron chi connectivity index (χ3n) is 4.10. The van der Waals surface area contributed by atoms with Gasteiger partial charge in [0.05, 0.1) is 16.8 Å². The average molecular weight is 504 g/mol. The van der Waals surface area contributed by atoms with Crippen molar-refractivity contribution in [2.24, 2.45) is 0 Å². The van der Waals surface area contributed by atoms with Gasteiger partial charge in [-0.3, -0.25) is 4.79 Å². The highest BCUT2D eigenvalue weighted by molar-refractivity contribution is 14.1. The molecule has 0 heterocycles. The normalized spacial score (nSPS) is 10.9. The van der Waals surface area contributed by atoms with E-state index >= 15 is 0 Å². The molecule has 0 aliphatic carbocycles. The first-order chi connectivity index (χ1) is 14.0. The Bertz CT molecular complexity index is 932. The lowest BCUT2D eigenvalue weighted by Gasteiger charge is -2.14. The van der Waals surface area contributed by atoms with Crippen LogP contribution < -0.4 is 14.8 Å². The van der Waals surface area contributed by atoms with E-state index in [1.807, 2.05) is 57.2 Å². The molecule has 6 heteroatoms. The first kappa shape index (κ1) is 22.8. The number of ether oxygens (including phenoxy) is 2. The van der Waals surface area contributed by atoms with Gasteiger partial charge in [-0.05, 0) is 77.8 Å². The van der Waals surface area contributed by atoms with Gasteiger partial charge in [0, 0.05) is 5.69 Å². The Hall–Kier alpha value is -2.53. The highest BCUT2D eigenvalue weighted by atomic mass is 127. The second kappa shape index (κ2) is 11.5. The molecule has 1 N–H and O–H groups in total. The number of nitrogens with one attached hydrogen (secondary N) is 1. The second-order valence-corrected chi connectivity index (χ2v) is 7.41. The van der Waals surface area contributed by atoms with Crippen molar-refractivity contribution in [1.82, 2.24) is 0 Å². The standard InChI is InChI=1S/C23H25IN2O3/c1-4-11-29-22-19(24)13-16(14-21(22)28-6-3)12-18(15-25)23(27)26-20-10-8-7-9-17(20)5-2/h7-10,12-14H,4-6,11H2,1-3H3,(H,26,27)/b18-12+. The fourth-order valence-corrected chi connectivity index (χ4v) is 3.51. The van der Waals surface area contributed by atoms with Crippen LogP contribution in [-0.2, 0) is 11.2 Å². The van der Waals surface area contributed by atoms with Gasteiger partial charge in [-0.2, -0.15) is 5.26 Å². The van der Waals surface area contributed by atoms with Crippen molar-refractivity contribution in [3.05, 3.63) is 56.7 Å². The van der Waals surface area contributed by atoms with Crippen LogP contribution in [0.4, 0.5) is 5.69 Å². The van der Waals surface area contributed by atoms with Gasteiger partial charge in [0.2, 0.25) is 0 Å². The van der Waals surface area contributed by atoms with E-state index in [0.29, 0.717) is 36.0 Å². The van der Waals surface area contributed by atoms with Crippen molar-refractivity contribution in [2.45, 2.75) is 33.6 Å². The summed E-state index contributed by atoms with van der Waals surface area (Å²) in [5, 5.41) is 12.4. The number of hydrogen-bond donors (Lipinski definition) is 1. The Kier molecular flexibility index (Phi) is 9.00. The smallest absolute Gasteiger partial charge is 0.266 e. The number of amides is 1. The van der Waals surface area contributed by atoms with Gasteiger partial charge in [-0.1, -0.05) is 32.0 Å². The van der Waals surface area contributed by atoms with Gasteiger partial charge in [0.15, 0.2) is 11.5 Å². The van der Waals surface area contributed by atoms with E-state index in [2.05, 4.69) is 27.9 Å². The SMILES string of the molecule is CCCOc1c(I)cc(/C=C(\C#N)C(=O)Nc2ccccc2CC)cc1OCC. The van der Waals surface area contributed by atoms with Crippen LogP contribution in [0.2, 0.25) is 0 Å². The summed E-state index contributed by atoms with van der Waals surface area (Å²) < 4.78 is 12.4. The minimum atomic E-state index is -0.437. The van der Waals surface area contributed by atoms with Gasteiger partial charge in [0.25, 0.3) is 5.91 Å². The molecule has 0 saturated carbocycles. The Labute approximate surface area is 185 Å². The maximum atomic E-state index is 12.7. The molecular formula is C23H25IN2O3. The zero-order valence-electron chi connectivity index (χ0n) is 16.9. The highest BCUT2D eigenvalue weighted by Crippen LogP contribution is 2.35. The lowest BCUT2D eigenvalue weighted by Crippen LogP contribution is -2.14. The molecule has 29 heavy (non-hydrogen) atoms. The van der Waals surface area contributed by atoms with Gasteiger partial charge in [-0.25, -0.2) is 0 Å². The molecule has 0 saturated heterocycles. The first-order valence-corrected chi connectivity index (χ1v) is 10.7. The Morgan fingerprint density at radius 1 is 1.21 bits per heavy atom. The van der Waals surface area contributed by atoms with Gasteiger partial charge >= 0.3 is 0 Å². The third-order valence-corrected chi connectivity index (χ3v) is 4.91. The number of para-hydroxylation sites is 1. The lowest BCUT2D eigenvalue weighted by atomic mass is 10.1. The van der Waals surface area contributed by atoms with E-state index in [1.54, 1.807) is 12.1 Å². The predicted molar refractivity (Wildman–Crippen MR) is 124 cm³/mol. The van der Waals surface area contributed by atoms with E-state index in [1.165, 1.54) is 0 Å². The summed E-state index contributed by atoms with van der Waals surface area (Å²) in [4.78, 5) is 12.7. The highest BCUT2D eigenvalue weighted by Gasteiger charge is 2.15. The van der Waals surface area contributed by atoms with Crippen LogP contribution in [0.25, 0.3) is 6.08 Å². The van der Waals surface area contributed by atoms with E-state index < -0.39 is 5.91 Å². The maximum absolute atomic E-state index is 12.7. The van der Waals surface area contributed by atoms with Crippen LogP contribution in [0.3, 0.4) is 0 Å². The van der Waals surface area contributed by atoms with Crippen molar-refractivity contribution in [2.75, 3.05) is 18.5 Å². The summed E-state index contributed by atoms with van der Waals surface area (Å²) in [5.41, 5.74) is 2.46. The zero-order chi connectivity index (χ0) is 21.2. The third kappa shape index (κ3) is 6.23. The average Bonchev–Trinajstić information content (AvgIpc) is 2.72. The van der Waals surface area contributed by atoms with Crippen molar-refractivity contribution < 1.29 is 14.3 Å². The minimum Gasteiger partial charge on any atom is -0.490 e. The second-order valence-electron chi connectivity index (χ2n) is 6.25. The molecule has 2 rings (SSSR count). The number of carbonyl (C=O) groups excluding carboxylic acids is 1. The van der Waals surface area contributed by atoms with Crippen molar-refractivity contribution >= 4 is 40.3 Å². The summed E-state index contributed by atoms with van der Waals surface area (Å²) >= 11 is 2.18. The molecule has 0 aromatic heterocycles. The van der Waals surface area contributed by atoms with E-state index in [-0.39, 0.29) is 5.57 Å².